The first-order valence-corrected chi connectivity index (χ1v) is 5.52. The van der Waals surface area contributed by atoms with Crippen LogP contribution in [0.4, 0.5) is 9.18 Å². The summed E-state index contributed by atoms with van der Waals surface area (Å²) in [6, 6.07) is 8.75. The second kappa shape index (κ2) is 8.19. The average molecular weight is 311 g/mol. The second-order valence-corrected chi connectivity index (χ2v) is 4.13. The van der Waals surface area contributed by atoms with Crippen LogP contribution >= 0.6 is 24.8 Å². The summed E-state index contributed by atoms with van der Waals surface area (Å²) in [7, 11) is 0. The number of amides is 1. The van der Waals surface area contributed by atoms with E-state index in [4.69, 9.17) is 10.5 Å². The Labute approximate surface area is 123 Å². The van der Waals surface area contributed by atoms with Crippen molar-refractivity contribution in [3.8, 4) is 0 Å². The Morgan fingerprint density at radius 2 is 1.95 bits per heavy atom. The number of nitrogens with zero attached hydrogens (tertiary/aromatic N) is 1. The van der Waals surface area contributed by atoms with E-state index in [1.54, 1.807) is 0 Å². The number of nitrogens with two attached hydrogens (primary N) is 1. The van der Waals surface area contributed by atoms with E-state index in [0.29, 0.717) is 0 Å². The van der Waals surface area contributed by atoms with Crippen LogP contribution in [0.3, 0.4) is 0 Å². The summed E-state index contributed by atoms with van der Waals surface area (Å²) < 4.78 is 18.2. The van der Waals surface area contributed by atoms with E-state index in [0.717, 1.165) is 5.56 Å². The van der Waals surface area contributed by atoms with Crippen LogP contribution in [0.5, 0.6) is 0 Å². The predicted molar refractivity (Wildman–Crippen MR) is 75.6 cm³/mol. The van der Waals surface area contributed by atoms with E-state index < -0.39 is 18.3 Å². The van der Waals surface area contributed by atoms with E-state index >= 15 is 0 Å². The lowest BCUT2D eigenvalue weighted by Gasteiger charge is -2.15. The average Bonchev–Trinajstić information content (AvgIpc) is 2.68. The highest BCUT2D eigenvalue weighted by Crippen LogP contribution is 2.13. The minimum absolute atomic E-state index is 0. The highest BCUT2D eigenvalue weighted by atomic mass is 35.5. The van der Waals surface area contributed by atoms with E-state index in [1.165, 1.54) is 4.90 Å². The van der Waals surface area contributed by atoms with Gasteiger partial charge in [0.2, 0.25) is 0 Å². The Bertz CT molecular complexity index is 385. The molecule has 0 spiro atoms. The smallest absolute Gasteiger partial charge is 0.410 e. The van der Waals surface area contributed by atoms with Crippen molar-refractivity contribution in [1.82, 2.24) is 4.90 Å². The molecule has 2 N–H and O–H groups in total. The van der Waals surface area contributed by atoms with Gasteiger partial charge in [-0.05, 0) is 5.56 Å². The number of rotatable bonds is 2. The number of benzene rings is 1. The van der Waals surface area contributed by atoms with E-state index in [-0.39, 0.29) is 44.5 Å². The Kier molecular flexibility index (Phi) is 7.75. The molecular formula is C12H17Cl2FN2O2. The number of likely N-dealkylation sites (tertiary alicyclic amines) is 1. The van der Waals surface area contributed by atoms with Crippen LogP contribution in [0.2, 0.25) is 0 Å². The molecule has 1 aliphatic heterocycles. The van der Waals surface area contributed by atoms with Crippen LogP contribution in [-0.4, -0.2) is 36.3 Å². The lowest BCUT2D eigenvalue weighted by molar-refractivity contribution is 0.102. The van der Waals surface area contributed by atoms with Gasteiger partial charge in [-0.2, -0.15) is 0 Å². The van der Waals surface area contributed by atoms with E-state index in [1.807, 2.05) is 30.3 Å². The number of hydrogen-bond acceptors (Lipinski definition) is 3. The monoisotopic (exact) mass is 310 g/mol. The van der Waals surface area contributed by atoms with Crippen molar-refractivity contribution in [3.63, 3.8) is 0 Å². The molecule has 19 heavy (non-hydrogen) atoms. The van der Waals surface area contributed by atoms with E-state index in [2.05, 4.69) is 0 Å². The van der Waals surface area contributed by atoms with Crippen molar-refractivity contribution in [2.45, 2.75) is 18.8 Å². The molecule has 0 aliphatic carbocycles. The third-order valence-electron chi connectivity index (χ3n) is 2.75. The highest BCUT2D eigenvalue weighted by Gasteiger charge is 2.33. The largest absolute Gasteiger partial charge is 0.445 e. The van der Waals surface area contributed by atoms with Gasteiger partial charge in [0.25, 0.3) is 0 Å². The minimum Gasteiger partial charge on any atom is -0.445 e. The molecule has 2 rings (SSSR count). The first-order chi connectivity index (χ1) is 8.16. The second-order valence-electron chi connectivity index (χ2n) is 4.13. The number of ether oxygens (including phenoxy) is 1. The van der Waals surface area contributed by atoms with Gasteiger partial charge in [-0.3, -0.25) is 0 Å². The molecule has 4 nitrogen and oxygen atoms in total. The third-order valence-corrected chi connectivity index (χ3v) is 2.75. The quantitative estimate of drug-likeness (QED) is 0.910. The number of alkyl halides is 1. The van der Waals surface area contributed by atoms with Gasteiger partial charge in [0.1, 0.15) is 12.8 Å². The fraction of sp³-hybridized carbons (Fsp3) is 0.417. The maximum Gasteiger partial charge on any atom is 0.410 e. The van der Waals surface area contributed by atoms with Crippen LogP contribution in [-0.2, 0) is 11.3 Å². The first kappa shape index (κ1) is 18.0. The van der Waals surface area contributed by atoms with Gasteiger partial charge in [-0.15, -0.1) is 24.8 Å². The molecule has 108 valence electrons. The number of carbonyl (C=O) groups is 1. The summed E-state index contributed by atoms with van der Waals surface area (Å²) in [5, 5.41) is 0. The molecule has 1 heterocycles. The maximum atomic E-state index is 13.1. The van der Waals surface area contributed by atoms with E-state index in [9.17, 15) is 9.18 Å². The molecule has 0 bridgehead atoms. The van der Waals surface area contributed by atoms with Crippen LogP contribution < -0.4 is 5.73 Å². The fourth-order valence-electron chi connectivity index (χ4n) is 1.75. The lowest BCUT2D eigenvalue weighted by atomic mass is 10.2. The fourth-order valence-corrected chi connectivity index (χ4v) is 1.75. The molecule has 1 fully saturated rings. The Morgan fingerprint density at radius 3 is 2.47 bits per heavy atom. The normalized spacial score (nSPS) is 21.3. The molecule has 1 aromatic carbocycles. The SMILES string of the molecule is Cl.Cl.N[C@@H]1CN(C(=O)OCc2ccccc2)C[C@H]1F. The number of hydrogen-bond donors (Lipinski definition) is 1. The molecule has 0 unspecified atom stereocenters. The van der Waals surface area contributed by atoms with Gasteiger partial charge in [-0.1, -0.05) is 30.3 Å². The highest BCUT2D eigenvalue weighted by molar-refractivity contribution is 5.85. The van der Waals surface area contributed by atoms with Gasteiger partial charge in [0.15, 0.2) is 0 Å². The van der Waals surface area contributed by atoms with Crippen molar-refractivity contribution in [3.05, 3.63) is 35.9 Å². The number of carbonyl (C=O) groups excluding carboxylic acids is 1. The summed E-state index contributed by atoms with van der Waals surface area (Å²) in [6.07, 6.45) is -1.66. The Balaban J connectivity index is 0.00000162. The minimum atomic E-state index is -1.15. The zero-order chi connectivity index (χ0) is 12.3. The van der Waals surface area contributed by atoms with Crippen LogP contribution in [0, 0.1) is 0 Å². The summed E-state index contributed by atoms with van der Waals surface area (Å²) in [4.78, 5) is 12.9. The summed E-state index contributed by atoms with van der Waals surface area (Å²) in [6.45, 7) is 0.436. The van der Waals surface area contributed by atoms with Gasteiger partial charge in [0, 0.05) is 6.54 Å². The van der Waals surface area contributed by atoms with Crippen molar-refractivity contribution in [2.75, 3.05) is 13.1 Å². The molecular weight excluding hydrogens is 294 g/mol. The maximum absolute atomic E-state index is 13.1. The summed E-state index contributed by atoms with van der Waals surface area (Å²) in [5.41, 5.74) is 6.39. The molecule has 0 aromatic heterocycles. The van der Waals surface area contributed by atoms with Gasteiger partial charge < -0.3 is 15.4 Å². The summed E-state index contributed by atoms with van der Waals surface area (Å²) in [5.74, 6) is 0. The van der Waals surface area contributed by atoms with Gasteiger partial charge in [-0.25, -0.2) is 9.18 Å². The van der Waals surface area contributed by atoms with Crippen LogP contribution in [0.1, 0.15) is 5.56 Å². The predicted octanol–water partition coefficient (Wildman–Crippen LogP) is 2.15. The van der Waals surface area contributed by atoms with Crippen molar-refractivity contribution >= 4 is 30.9 Å². The van der Waals surface area contributed by atoms with Crippen LogP contribution in [0.15, 0.2) is 30.3 Å². The topological polar surface area (TPSA) is 55.6 Å². The Morgan fingerprint density at radius 1 is 1.32 bits per heavy atom. The molecule has 1 saturated heterocycles. The molecule has 0 radical (unpaired) electrons. The van der Waals surface area contributed by atoms with Crippen molar-refractivity contribution in [1.29, 1.82) is 0 Å². The van der Waals surface area contributed by atoms with Crippen molar-refractivity contribution in [2.24, 2.45) is 5.73 Å². The first-order valence-electron chi connectivity index (χ1n) is 5.52. The third kappa shape index (κ3) is 4.86. The standard InChI is InChI=1S/C12H15FN2O2.2ClH/c13-10-6-15(7-11(10)14)12(16)17-8-9-4-2-1-3-5-9;;/h1-5,10-11H,6-8,14H2;2*1H/t10-,11-;;/m1../s1. The Hall–Kier alpha value is -1.04. The zero-order valence-electron chi connectivity index (χ0n) is 10.2. The van der Waals surface area contributed by atoms with Gasteiger partial charge >= 0.3 is 6.09 Å². The lowest BCUT2D eigenvalue weighted by Crippen LogP contribution is -2.32. The molecule has 1 aromatic rings. The molecule has 1 amide bonds. The molecule has 7 heteroatoms. The van der Waals surface area contributed by atoms with Crippen LogP contribution in [0.25, 0.3) is 0 Å². The van der Waals surface area contributed by atoms with Crippen molar-refractivity contribution < 1.29 is 13.9 Å². The summed E-state index contributed by atoms with van der Waals surface area (Å²) >= 11 is 0. The van der Waals surface area contributed by atoms with Gasteiger partial charge in [0.05, 0.1) is 12.6 Å². The molecule has 0 saturated carbocycles. The molecule has 2 atom stereocenters. The molecule has 1 aliphatic rings. The zero-order valence-corrected chi connectivity index (χ0v) is 11.8. The number of halogens is 3.